The number of amides is 1. The van der Waals surface area contributed by atoms with Crippen molar-refractivity contribution in [3.8, 4) is 0 Å². The van der Waals surface area contributed by atoms with E-state index in [0.717, 1.165) is 18.4 Å². The van der Waals surface area contributed by atoms with Crippen LogP contribution in [0.2, 0.25) is 10.0 Å². The van der Waals surface area contributed by atoms with Gasteiger partial charge in [0.1, 0.15) is 0 Å². The zero-order valence-corrected chi connectivity index (χ0v) is 15.3. The summed E-state index contributed by atoms with van der Waals surface area (Å²) in [7, 11) is 0. The van der Waals surface area contributed by atoms with Crippen LogP contribution in [0.15, 0.2) is 18.2 Å². The molecule has 1 aromatic carbocycles. The number of carbonyl (C=O) groups excluding carboxylic acids is 1. The van der Waals surface area contributed by atoms with Crippen molar-refractivity contribution in [2.24, 2.45) is 0 Å². The number of nitrogens with zero attached hydrogens (tertiary/aromatic N) is 1. The van der Waals surface area contributed by atoms with Gasteiger partial charge in [0.15, 0.2) is 0 Å². The van der Waals surface area contributed by atoms with E-state index in [9.17, 15) is 14.7 Å². The van der Waals surface area contributed by atoms with Crippen LogP contribution in [-0.4, -0.2) is 52.2 Å². The quantitative estimate of drug-likeness (QED) is 0.572. The molecule has 0 heterocycles. The van der Waals surface area contributed by atoms with Crippen molar-refractivity contribution in [3.63, 3.8) is 0 Å². The molecule has 6 nitrogen and oxygen atoms in total. The van der Waals surface area contributed by atoms with Crippen LogP contribution < -0.4 is 5.32 Å². The fourth-order valence-corrected chi connectivity index (χ4v) is 2.95. The lowest BCUT2D eigenvalue weighted by molar-refractivity contribution is -0.136. The second kappa shape index (κ2) is 9.38. The molecular weight excluding hydrogens is 367 g/mol. The first-order valence-electron chi connectivity index (χ1n) is 8.20. The molecule has 25 heavy (non-hydrogen) atoms. The van der Waals surface area contributed by atoms with E-state index >= 15 is 0 Å². The number of carboxylic acid groups (broad SMARTS) is 1. The average Bonchev–Trinajstić information content (AvgIpc) is 3.39. The van der Waals surface area contributed by atoms with Gasteiger partial charge in [0.2, 0.25) is 5.91 Å². The van der Waals surface area contributed by atoms with E-state index in [-0.39, 0.29) is 37.9 Å². The summed E-state index contributed by atoms with van der Waals surface area (Å²) in [5.41, 5.74) is 0.786. The second-order valence-corrected chi connectivity index (χ2v) is 6.93. The van der Waals surface area contributed by atoms with Gasteiger partial charge in [-0.2, -0.15) is 0 Å². The molecule has 1 saturated carbocycles. The average molecular weight is 389 g/mol. The predicted molar refractivity (Wildman–Crippen MR) is 95.8 cm³/mol. The van der Waals surface area contributed by atoms with Gasteiger partial charge in [-0.1, -0.05) is 35.3 Å². The highest BCUT2D eigenvalue weighted by molar-refractivity contribution is 6.42. The van der Waals surface area contributed by atoms with E-state index < -0.39 is 12.0 Å². The first kappa shape index (κ1) is 20.0. The fraction of sp³-hybridized carbons (Fsp3) is 0.529. The summed E-state index contributed by atoms with van der Waals surface area (Å²) < 4.78 is 0. The first-order valence-corrected chi connectivity index (χ1v) is 8.96. The van der Waals surface area contributed by atoms with E-state index in [1.54, 1.807) is 17.0 Å². The van der Waals surface area contributed by atoms with E-state index in [0.29, 0.717) is 16.6 Å². The summed E-state index contributed by atoms with van der Waals surface area (Å²) in [6.45, 7) is 0.343. The van der Waals surface area contributed by atoms with Crippen LogP contribution in [0.3, 0.4) is 0 Å². The fourth-order valence-electron chi connectivity index (χ4n) is 2.57. The number of carboxylic acids is 1. The van der Waals surface area contributed by atoms with Crippen molar-refractivity contribution in [1.29, 1.82) is 0 Å². The maximum absolute atomic E-state index is 12.7. The van der Waals surface area contributed by atoms with Crippen LogP contribution in [0.4, 0.5) is 0 Å². The Hall–Kier alpha value is -1.34. The number of aliphatic hydroxyl groups is 1. The number of hydrogen-bond donors (Lipinski definition) is 3. The van der Waals surface area contributed by atoms with Crippen LogP contribution >= 0.6 is 23.2 Å². The molecule has 138 valence electrons. The highest BCUT2D eigenvalue weighted by Gasteiger charge is 2.33. The molecule has 0 saturated heterocycles. The minimum Gasteiger partial charge on any atom is -0.481 e. The first-order chi connectivity index (χ1) is 11.9. The predicted octanol–water partition coefficient (Wildman–Crippen LogP) is 2.30. The van der Waals surface area contributed by atoms with Crippen molar-refractivity contribution < 1.29 is 19.8 Å². The van der Waals surface area contributed by atoms with Gasteiger partial charge in [-0.05, 0) is 24.5 Å². The lowest BCUT2D eigenvalue weighted by Gasteiger charge is -2.25. The molecule has 0 radical (unpaired) electrons. The van der Waals surface area contributed by atoms with Crippen molar-refractivity contribution in [2.75, 3.05) is 13.2 Å². The third kappa shape index (κ3) is 6.15. The molecule has 8 heteroatoms. The molecule has 0 aliphatic heterocycles. The summed E-state index contributed by atoms with van der Waals surface area (Å²) in [6.07, 6.45) is 1.93. The standard InChI is InChI=1S/C17H22Cl2N2O4/c18-14-3-1-2-11(17(14)19)9-21(13-4-5-13)15(23)8-12(10-22)20-7-6-16(24)25/h1-3,12-13,20,22H,4-10H2,(H,24,25). The third-order valence-corrected chi connectivity index (χ3v) is 4.95. The van der Waals surface area contributed by atoms with E-state index in [4.69, 9.17) is 28.3 Å². The second-order valence-electron chi connectivity index (χ2n) is 6.15. The molecule has 1 amide bonds. The van der Waals surface area contributed by atoms with Gasteiger partial charge < -0.3 is 20.4 Å². The summed E-state index contributed by atoms with van der Waals surface area (Å²) in [6, 6.07) is 5.04. The normalized spacial score (nSPS) is 15.0. The number of halogens is 2. The van der Waals surface area contributed by atoms with E-state index in [2.05, 4.69) is 5.32 Å². The lowest BCUT2D eigenvalue weighted by atomic mass is 10.1. The van der Waals surface area contributed by atoms with Gasteiger partial charge in [-0.15, -0.1) is 0 Å². The topological polar surface area (TPSA) is 89.9 Å². The van der Waals surface area contributed by atoms with Crippen LogP contribution in [0.5, 0.6) is 0 Å². The Morgan fingerprint density at radius 1 is 1.32 bits per heavy atom. The SMILES string of the molecule is O=C(O)CCNC(CO)CC(=O)N(Cc1cccc(Cl)c1Cl)C1CC1. The highest BCUT2D eigenvalue weighted by atomic mass is 35.5. The Labute approximate surface area is 156 Å². The zero-order valence-electron chi connectivity index (χ0n) is 13.8. The van der Waals surface area contributed by atoms with Crippen LogP contribution in [0.25, 0.3) is 0 Å². The van der Waals surface area contributed by atoms with Crippen LogP contribution in [0, 0.1) is 0 Å². The number of nitrogens with one attached hydrogen (secondary N) is 1. The number of aliphatic carboxylic acids is 1. The molecule has 2 rings (SSSR count). The molecule has 1 unspecified atom stereocenters. The molecule has 1 aliphatic carbocycles. The molecule has 0 aromatic heterocycles. The van der Waals surface area contributed by atoms with Gasteiger partial charge >= 0.3 is 5.97 Å². The Morgan fingerprint density at radius 3 is 2.64 bits per heavy atom. The third-order valence-electron chi connectivity index (χ3n) is 4.09. The number of benzene rings is 1. The van der Waals surface area contributed by atoms with Crippen LogP contribution in [-0.2, 0) is 16.1 Å². The van der Waals surface area contributed by atoms with Gasteiger partial charge in [0.25, 0.3) is 0 Å². The maximum atomic E-state index is 12.7. The summed E-state index contributed by atoms with van der Waals surface area (Å²) in [5.74, 6) is -1.02. The molecule has 3 N–H and O–H groups in total. The maximum Gasteiger partial charge on any atom is 0.304 e. The molecular formula is C17H22Cl2N2O4. The van der Waals surface area contributed by atoms with Crippen molar-refractivity contribution in [2.45, 2.75) is 44.3 Å². The number of rotatable bonds is 10. The summed E-state index contributed by atoms with van der Waals surface area (Å²) in [5, 5.41) is 21.9. The number of aliphatic hydroxyl groups excluding tert-OH is 1. The van der Waals surface area contributed by atoms with E-state index in [1.165, 1.54) is 0 Å². The van der Waals surface area contributed by atoms with Crippen molar-refractivity contribution in [1.82, 2.24) is 10.2 Å². The van der Waals surface area contributed by atoms with Gasteiger partial charge in [0.05, 0.1) is 23.1 Å². The minimum atomic E-state index is -0.925. The van der Waals surface area contributed by atoms with Crippen molar-refractivity contribution in [3.05, 3.63) is 33.8 Å². The molecule has 1 fully saturated rings. The Balaban J connectivity index is 1.97. The van der Waals surface area contributed by atoms with Gasteiger partial charge in [0, 0.05) is 31.6 Å². The molecule has 1 aromatic rings. The van der Waals surface area contributed by atoms with E-state index in [1.807, 2.05) is 6.07 Å². The smallest absolute Gasteiger partial charge is 0.304 e. The van der Waals surface area contributed by atoms with Gasteiger partial charge in [-0.3, -0.25) is 9.59 Å². The molecule has 0 spiro atoms. The van der Waals surface area contributed by atoms with Crippen molar-refractivity contribution >= 4 is 35.1 Å². The number of carbonyl (C=O) groups is 2. The van der Waals surface area contributed by atoms with Crippen LogP contribution in [0.1, 0.15) is 31.2 Å². The number of hydrogen-bond acceptors (Lipinski definition) is 4. The van der Waals surface area contributed by atoms with Gasteiger partial charge in [-0.25, -0.2) is 0 Å². The lowest BCUT2D eigenvalue weighted by Crippen LogP contribution is -2.41. The molecule has 1 atom stereocenters. The minimum absolute atomic E-state index is 0.0604. The highest BCUT2D eigenvalue weighted by Crippen LogP contribution is 2.32. The Morgan fingerprint density at radius 2 is 2.04 bits per heavy atom. The zero-order chi connectivity index (χ0) is 18.4. The Kier molecular flexibility index (Phi) is 7.50. The summed E-state index contributed by atoms with van der Waals surface area (Å²) >= 11 is 12.3. The molecule has 0 bridgehead atoms. The molecule has 1 aliphatic rings. The largest absolute Gasteiger partial charge is 0.481 e. The Bertz CT molecular complexity index is 623. The monoisotopic (exact) mass is 388 g/mol. The summed E-state index contributed by atoms with van der Waals surface area (Å²) in [4.78, 5) is 25.0.